The zero-order chi connectivity index (χ0) is 17.6. The van der Waals surface area contributed by atoms with Crippen molar-refractivity contribution >= 4 is 35.0 Å². The molecule has 1 unspecified atom stereocenters. The first-order valence-corrected chi connectivity index (χ1v) is 9.69. The van der Waals surface area contributed by atoms with E-state index >= 15 is 0 Å². The third kappa shape index (κ3) is 5.24. The number of aryl methyl sites for hydroxylation is 1. The number of nitrogens with zero attached hydrogens (tertiary/aromatic N) is 2. The van der Waals surface area contributed by atoms with E-state index in [1.54, 1.807) is 24.0 Å². The first-order chi connectivity index (χ1) is 12.1. The van der Waals surface area contributed by atoms with Gasteiger partial charge in [0.25, 0.3) is 0 Å². The normalized spacial score (nSPS) is 12.3. The Morgan fingerprint density at radius 2 is 1.92 bits per heavy atom. The van der Waals surface area contributed by atoms with Gasteiger partial charge >= 0.3 is 0 Å². The second-order valence-electron chi connectivity index (χ2n) is 5.68. The van der Waals surface area contributed by atoms with Crippen LogP contribution < -0.4 is 0 Å². The summed E-state index contributed by atoms with van der Waals surface area (Å²) in [6, 6.07) is 12.3. The summed E-state index contributed by atoms with van der Waals surface area (Å²) in [6.07, 6.45) is 6.44. The Hall–Kier alpha value is -1.49. The van der Waals surface area contributed by atoms with Crippen LogP contribution in [0.3, 0.4) is 0 Å². The molecular formula is C19H17Cl2FN2S. The van der Waals surface area contributed by atoms with Crippen LogP contribution in [0, 0.1) is 5.82 Å². The summed E-state index contributed by atoms with van der Waals surface area (Å²) in [5, 5.41) is 1.51. The Bertz CT molecular complexity index is 807. The lowest BCUT2D eigenvalue weighted by molar-refractivity contribution is 0.627. The highest BCUT2D eigenvalue weighted by atomic mass is 35.5. The van der Waals surface area contributed by atoms with E-state index in [0.29, 0.717) is 10.0 Å². The molecule has 6 heteroatoms. The van der Waals surface area contributed by atoms with E-state index in [4.69, 9.17) is 23.2 Å². The number of hydrogen-bond donors (Lipinski definition) is 0. The molecule has 0 aliphatic carbocycles. The Morgan fingerprint density at radius 3 is 2.60 bits per heavy atom. The number of rotatable bonds is 7. The van der Waals surface area contributed by atoms with Gasteiger partial charge < -0.3 is 4.57 Å². The molecule has 3 aromatic rings. The van der Waals surface area contributed by atoms with Gasteiger partial charge in [-0.1, -0.05) is 41.4 Å². The summed E-state index contributed by atoms with van der Waals surface area (Å²) in [7, 11) is 0. The van der Waals surface area contributed by atoms with Crippen LogP contribution in [0.1, 0.15) is 22.8 Å². The van der Waals surface area contributed by atoms with Crippen molar-refractivity contribution in [2.75, 3.05) is 0 Å². The summed E-state index contributed by atoms with van der Waals surface area (Å²) >= 11 is 14.2. The zero-order valence-electron chi connectivity index (χ0n) is 13.4. The number of imidazole rings is 1. The van der Waals surface area contributed by atoms with Crippen molar-refractivity contribution in [1.29, 1.82) is 0 Å². The van der Waals surface area contributed by atoms with Gasteiger partial charge in [0.2, 0.25) is 0 Å². The minimum absolute atomic E-state index is 0.206. The van der Waals surface area contributed by atoms with Crippen LogP contribution in [-0.2, 0) is 12.3 Å². The molecule has 0 fully saturated rings. The number of hydrogen-bond acceptors (Lipinski definition) is 2. The van der Waals surface area contributed by atoms with Gasteiger partial charge in [0.15, 0.2) is 0 Å². The van der Waals surface area contributed by atoms with Gasteiger partial charge in [0.1, 0.15) is 5.82 Å². The fourth-order valence-corrected chi connectivity index (χ4v) is 4.40. The predicted molar refractivity (Wildman–Crippen MR) is 104 cm³/mol. The highest BCUT2D eigenvalue weighted by Gasteiger charge is 2.16. The fraction of sp³-hybridized carbons (Fsp3) is 0.211. The van der Waals surface area contributed by atoms with Crippen LogP contribution in [0.25, 0.3) is 0 Å². The monoisotopic (exact) mass is 394 g/mol. The third-order valence-corrected chi connectivity index (χ3v) is 5.84. The summed E-state index contributed by atoms with van der Waals surface area (Å²) in [5.74, 6) is 0.569. The summed E-state index contributed by atoms with van der Waals surface area (Å²) < 4.78 is 15.1. The number of benzene rings is 2. The molecule has 0 saturated heterocycles. The lowest BCUT2D eigenvalue weighted by atomic mass is 10.1. The Balaban J connectivity index is 1.74. The maximum absolute atomic E-state index is 13.1. The Morgan fingerprint density at radius 1 is 1.12 bits per heavy atom. The first kappa shape index (κ1) is 18.3. The van der Waals surface area contributed by atoms with Gasteiger partial charge in [-0.15, -0.1) is 11.8 Å². The molecule has 0 N–H and O–H groups in total. The van der Waals surface area contributed by atoms with E-state index in [9.17, 15) is 4.39 Å². The van der Waals surface area contributed by atoms with Gasteiger partial charge in [-0.2, -0.15) is 0 Å². The molecule has 3 rings (SSSR count). The predicted octanol–water partition coefficient (Wildman–Crippen LogP) is 6.39. The largest absolute Gasteiger partial charge is 0.337 e. The molecule has 0 saturated carbocycles. The zero-order valence-corrected chi connectivity index (χ0v) is 15.7. The first-order valence-electron chi connectivity index (χ1n) is 7.88. The molecule has 2 nitrogen and oxygen atoms in total. The summed E-state index contributed by atoms with van der Waals surface area (Å²) in [6.45, 7) is 0.847. The van der Waals surface area contributed by atoms with Crippen molar-refractivity contribution < 1.29 is 4.39 Å². The van der Waals surface area contributed by atoms with Crippen LogP contribution in [0.4, 0.5) is 4.39 Å². The maximum Gasteiger partial charge on any atom is 0.123 e. The quantitative estimate of drug-likeness (QED) is 0.461. The average molecular weight is 395 g/mol. The van der Waals surface area contributed by atoms with Gasteiger partial charge in [0, 0.05) is 40.0 Å². The highest BCUT2D eigenvalue weighted by Crippen LogP contribution is 2.39. The topological polar surface area (TPSA) is 17.8 Å². The van der Waals surface area contributed by atoms with E-state index in [1.165, 1.54) is 12.1 Å². The third-order valence-electron chi connectivity index (χ3n) is 3.88. The fourth-order valence-electron chi connectivity index (χ4n) is 2.55. The second-order valence-corrected chi connectivity index (χ2v) is 7.72. The van der Waals surface area contributed by atoms with E-state index in [1.807, 2.05) is 36.8 Å². The molecule has 0 aliphatic rings. The molecular weight excluding hydrogens is 378 g/mol. The van der Waals surface area contributed by atoms with Crippen molar-refractivity contribution in [1.82, 2.24) is 9.55 Å². The van der Waals surface area contributed by atoms with Crippen LogP contribution in [0.15, 0.2) is 61.2 Å². The molecule has 0 spiro atoms. The lowest BCUT2D eigenvalue weighted by Gasteiger charge is -2.19. The van der Waals surface area contributed by atoms with Gasteiger partial charge in [-0.25, -0.2) is 9.37 Å². The van der Waals surface area contributed by atoms with Crippen molar-refractivity contribution in [3.8, 4) is 0 Å². The van der Waals surface area contributed by atoms with Gasteiger partial charge in [0.05, 0.1) is 6.33 Å². The van der Waals surface area contributed by atoms with Crippen molar-refractivity contribution in [3.63, 3.8) is 0 Å². The van der Waals surface area contributed by atoms with E-state index in [-0.39, 0.29) is 11.1 Å². The lowest BCUT2D eigenvalue weighted by Crippen LogP contribution is -2.03. The standard InChI is InChI=1S/C19H17Cl2FN2S/c20-15-3-6-17(18(21)11-15)19(7-9-24-10-8-23-13-24)25-12-14-1-4-16(22)5-2-14/h1-6,8,10-11,13,19H,7,9,12H2. The van der Waals surface area contributed by atoms with Crippen LogP contribution in [-0.4, -0.2) is 9.55 Å². The molecule has 0 aliphatic heterocycles. The molecule has 130 valence electrons. The molecule has 1 heterocycles. The SMILES string of the molecule is Fc1ccc(CSC(CCn2ccnc2)c2ccc(Cl)cc2Cl)cc1. The molecule has 25 heavy (non-hydrogen) atoms. The molecule has 0 bridgehead atoms. The number of aromatic nitrogens is 2. The van der Waals surface area contributed by atoms with Gasteiger partial charge in [-0.05, 0) is 41.8 Å². The molecule has 0 amide bonds. The second kappa shape index (κ2) is 8.75. The number of thioether (sulfide) groups is 1. The summed E-state index contributed by atoms with van der Waals surface area (Å²) in [5.41, 5.74) is 2.16. The minimum atomic E-state index is -0.217. The molecule has 1 aromatic heterocycles. The van der Waals surface area contributed by atoms with Crippen molar-refractivity contribution in [2.45, 2.75) is 24.0 Å². The molecule has 2 aromatic carbocycles. The van der Waals surface area contributed by atoms with Crippen LogP contribution in [0.5, 0.6) is 0 Å². The van der Waals surface area contributed by atoms with Gasteiger partial charge in [-0.3, -0.25) is 0 Å². The Labute approximate surface area is 161 Å². The maximum atomic E-state index is 13.1. The van der Waals surface area contributed by atoms with E-state index in [0.717, 1.165) is 29.8 Å². The van der Waals surface area contributed by atoms with Crippen molar-refractivity contribution in [3.05, 3.63) is 88.2 Å². The van der Waals surface area contributed by atoms with Crippen LogP contribution in [0.2, 0.25) is 10.0 Å². The average Bonchev–Trinajstić information content (AvgIpc) is 3.11. The Kier molecular flexibility index (Phi) is 6.40. The summed E-state index contributed by atoms with van der Waals surface area (Å²) in [4.78, 5) is 4.08. The van der Waals surface area contributed by atoms with E-state index < -0.39 is 0 Å². The van der Waals surface area contributed by atoms with E-state index in [2.05, 4.69) is 9.55 Å². The molecule has 0 radical (unpaired) electrons. The van der Waals surface area contributed by atoms with Crippen molar-refractivity contribution in [2.24, 2.45) is 0 Å². The number of halogens is 3. The minimum Gasteiger partial charge on any atom is -0.337 e. The van der Waals surface area contributed by atoms with Crippen LogP contribution >= 0.6 is 35.0 Å². The molecule has 1 atom stereocenters. The highest BCUT2D eigenvalue weighted by molar-refractivity contribution is 7.98. The smallest absolute Gasteiger partial charge is 0.123 e.